The zero-order chi connectivity index (χ0) is 13.1. The van der Waals surface area contributed by atoms with E-state index in [9.17, 15) is 0 Å². The van der Waals surface area contributed by atoms with Gasteiger partial charge >= 0.3 is 0 Å². The van der Waals surface area contributed by atoms with Gasteiger partial charge in [-0.3, -0.25) is 4.68 Å². The molecule has 0 fully saturated rings. The molecular weight excluding hydrogens is 230 g/mol. The number of rotatable bonds is 4. The number of nitrogen functional groups attached to an aromatic ring is 1. The molecule has 0 unspecified atom stereocenters. The van der Waals surface area contributed by atoms with Crippen molar-refractivity contribution in [3.05, 3.63) is 18.3 Å². The molecule has 0 spiro atoms. The van der Waals surface area contributed by atoms with Crippen LogP contribution in [0.1, 0.15) is 20.8 Å². The topological polar surface area (TPSA) is 78.8 Å². The van der Waals surface area contributed by atoms with Gasteiger partial charge in [-0.15, -0.1) is 0 Å². The number of ether oxygens (including phenoxy) is 1. The van der Waals surface area contributed by atoms with Gasteiger partial charge in [-0.05, 0) is 26.8 Å². The summed E-state index contributed by atoms with van der Waals surface area (Å²) in [5.74, 6) is 0.684. The Morgan fingerprint density at radius 1 is 1.39 bits per heavy atom. The average molecular weight is 247 g/mol. The molecule has 2 aromatic heterocycles. The van der Waals surface area contributed by atoms with Crippen molar-refractivity contribution in [2.45, 2.75) is 33.4 Å². The lowest BCUT2D eigenvalue weighted by Crippen LogP contribution is -2.09. The Hall–Kier alpha value is -2.11. The maximum atomic E-state index is 5.70. The van der Waals surface area contributed by atoms with E-state index in [1.54, 1.807) is 12.3 Å². The normalized spacial score (nSPS) is 10.9. The van der Waals surface area contributed by atoms with Crippen molar-refractivity contribution in [1.82, 2.24) is 19.7 Å². The average Bonchev–Trinajstić information content (AvgIpc) is 2.75. The molecule has 2 N–H and O–H groups in total. The molecule has 6 heteroatoms. The highest BCUT2D eigenvalue weighted by atomic mass is 16.5. The Bertz CT molecular complexity index is 535. The van der Waals surface area contributed by atoms with Gasteiger partial charge in [0.25, 0.3) is 0 Å². The molecule has 0 radical (unpaired) electrons. The van der Waals surface area contributed by atoms with Crippen LogP contribution < -0.4 is 10.5 Å². The lowest BCUT2D eigenvalue weighted by Gasteiger charge is -2.10. The van der Waals surface area contributed by atoms with E-state index >= 15 is 0 Å². The van der Waals surface area contributed by atoms with Gasteiger partial charge in [-0.1, -0.05) is 0 Å². The maximum Gasteiger partial charge on any atom is 0.223 e. The van der Waals surface area contributed by atoms with E-state index in [-0.39, 0.29) is 12.1 Å². The Labute approximate surface area is 106 Å². The Morgan fingerprint density at radius 3 is 2.83 bits per heavy atom. The van der Waals surface area contributed by atoms with Crippen LogP contribution in [0.25, 0.3) is 11.4 Å². The number of aromatic nitrogens is 4. The second-order valence-electron chi connectivity index (χ2n) is 4.15. The van der Waals surface area contributed by atoms with Crippen LogP contribution in [0.5, 0.6) is 5.88 Å². The summed E-state index contributed by atoms with van der Waals surface area (Å²) in [5, 5.41) is 4.21. The van der Waals surface area contributed by atoms with Crippen molar-refractivity contribution < 1.29 is 4.74 Å². The van der Waals surface area contributed by atoms with E-state index in [1.165, 1.54) is 0 Å². The summed E-state index contributed by atoms with van der Waals surface area (Å²) < 4.78 is 7.39. The molecule has 0 saturated heterocycles. The first kappa shape index (κ1) is 12.3. The largest absolute Gasteiger partial charge is 0.475 e. The van der Waals surface area contributed by atoms with E-state index in [0.29, 0.717) is 5.88 Å². The van der Waals surface area contributed by atoms with Gasteiger partial charge in [0.2, 0.25) is 11.8 Å². The fraction of sp³-hybridized carbons (Fsp3) is 0.417. The van der Waals surface area contributed by atoms with Crippen molar-refractivity contribution in [2.75, 3.05) is 5.73 Å². The van der Waals surface area contributed by atoms with Crippen molar-refractivity contribution in [3.8, 4) is 17.3 Å². The van der Waals surface area contributed by atoms with E-state index in [2.05, 4.69) is 15.1 Å². The molecule has 2 heterocycles. The van der Waals surface area contributed by atoms with Crippen LogP contribution >= 0.6 is 0 Å². The molecule has 0 aromatic carbocycles. The minimum atomic E-state index is 0.0447. The molecule has 18 heavy (non-hydrogen) atoms. The molecule has 0 amide bonds. The van der Waals surface area contributed by atoms with Crippen LogP contribution in [0.15, 0.2) is 18.3 Å². The molecule has 0 bridgehead atoms. The van der Waals surface area contributed by atoms with Gasteiger partial charge in [0.1, 0.15) is 0 Å². The van der Waals surface area contributed by atoms with Gasteiger partial charge < -0.3 is 10.5 Å². The first-order valence-electron chi connectivity index (χ1n) is 5.93. The first-order valence-corrected chi connectivity index (χ1v) is 5.93. The third-order valence-corrected chi connectivity index (χ3v) is 2.35. The molecular formula is C12H17N5O. The second kappa shape index (κ2) is 5.03. The van der Waals surface area contributed by atoms with Crippen molar-refractivity contribution in [2.24, 2.45) is 0 Å². The summed E-state index contributed by atoms with van der Waals surface area (Å²) in [5.41, 5.74) is 7.32. The standard InChI is InChI=1S/C12H17N5O/c1-4-17-10(5-6-14-17)9-7-11(18-8(2)3)16-12(13)15-9/h5-8H,4H2,1-3H3,(H2,13,15,16). The summed E-state index contributed by atoms with van der Waals surface area (Å²) in [6.07, 6.45) is 1.78. The van der Waals surface area contributed by atoms with Crippen LogP contribution in [0.2, 0.25) is 0 Å². The summed E-state index contributed by atoms with van der Waals surface area (Å²) in [6.45, 7) is 6.67. The SMILES string of the molecule is CCn1nccc1-c1cc(OC(C)C)nc(N)n1. The van der Waals surface area contributed by atoms with Crippen LogP contribution in [0, 0.1) is 0 Å². The number of aryl methyl sites for hydroxylation is 1. The minimum Gasteiger partial charge on any atom is -0.475 e. The van der Waals surface area contributed by atoms with Crippen LogP contribution in [-0.2, 0) is 6.54 Å². The Morgan fingerprint density at radius 2 is 2.17 bits per heavy atom. The van der Waals surface area contributed by atoms with Crippen molar-refractivity contribution in [1.29, 1.82) is 0 Å². The lowest BCUT2D eigenvalue weighted by molar-refractivity contribution is 0.233. The molecule has 0 aliphatic carbocycles. The molecule has 0 saturated carbocycles. The number of nitrogens with zero attached hydrogens (tertiary/aromatic N) is 4. The lowest BCUT2D eigenvalue weighted by atomic mass is 10.3. The number of nitrogens with two attached hydrogens (primary N) is 1. The monoisotopic (exact) mass is 247 g/mol. The van der Waals surface area contributed by atoms with Gasteiger partial charge in [0.15, 0.2) is 0 Å². The van der Waals surface area contributed by atoms with Crippen LogP contribution in [0.3, 0.4) is 0 Å². The molecule has 0 aliphatic heterocycles. The van der Waals surface area contributed by atoms with Crippen LogP contribution in [-0.4, -0.2) is 25.9 Å². The summed E-state index contributed by atoms with van der Waals surface area (Å²) >= 11 is 0. The fourth-order valence-electron chi connectivity index (χ4n) is 1.68. The van der Waals surface area contributed by atoms with Crippen LogP contribution in [0.4, 0.5) is 5.95 Å². The van der Waals surface area contributed by atoms with Gasteiger partial charge in [0, 0.05) is 18.8 Å². The van der Waals surface area contributed by atoms with Gasteiger partial charge in [-0.2, -0.15) is 10.1 Å². The van der Waals surface area contributed by atoms with E-state index in [4.69, 9.17) is 10.5 Å². The molecule has 0 aliphatic rings. The third kappa shape index (κ3) is 2.58. The zero-order valence-corrected chi connectivity index (χ0v) is 10.8. The summed E-state index contributed by atoms with van der Waals surface area (Å²) in [6, 6.07) is 3.67. The van der Waals surface area contributed by atoms with Gasteiger partial charge in [-0.25, -0.2) is 4.98 Å². The van der Waals surface area contributed by atoms with E-state index in [1.807, 2.05) is 31.5 Å². The minimum absolute atomic E-state index is 0.0447. The molecule has 2 aromatic rings. The number of hydrogen-bond donors (Lipinski definition) is 1. The Balaban J connectivity index is 2.42. The number of anilines is 1. The fourth-order valence-corrected chi connectivity index (χ4v) is 1.68. The number of hydrogen-bond acceptors (Lipinski definition) is 5. The smallest absolute Gasteiger partial charge is 0.223 e. The van der Waals surface area contributed by atoms with E-state index in [0.717, 1.165) is 17.9 Å². The molecule has 96 valence electrons. The summed E-state index contributed by atoms with van der Waals surface area (Å²) in [7, 11) is 0. The highest BCUT2D eigenvalue weighted by Crippen LogP contribution is 2.22. The predicted octanol–water partition coefficient (Wildman–Crippen LogP) is 1.73. The highest BCUT2D eigenvalue weighted by molar-refractivity contribution is 5.57. The summed E-state index contributed by atoms with van der Waals surface area (Å²) in [4.78, 5) is 8.27. The second-order valence-corrected chi connectivity index (χ2v) is 4.15. The Kier molecular flexibility index (Phi) is 3.45. The van der Waals surface area contributed by atoms with E-state index < -0.39 is 0 Å². The first-order chi connectivity index (χ1) is 8.60. The zero-order valence-electron chi connectivity index (χ0n) is 10.8. The van der Waals surface area contributed by atoms with Crippen molar-refractivity contribution >= 4 is 5.95 Å². The maximum absolute atomic E-state index is 5.70. The quantitative estimate of drug-likeness (QED) is 0.890. The predicted molar refractivity (Wildman–Crippen MR) is 69.1 cm³/mol. The highest BCUT2D eigenvalue weighted by Gasteiger charge is 2.10. The third-order valence-electron chi connectivity index (χ3n) is 2.35. The molecule has 0 atom stereocenters. The van der Waals surface area contributed by atoms with Gasteiger partial charge in [0.05, 0.1) is 17.5 Å². The van der Waals surface area contributed by atoms with Crippen molar-refractivity contribution in [3.63, 3.8) is 0 Å². The molecule has 6 nitrogen and oxygen atoms in total. The molecule has 2 rings (SSSR count).